The number of hydrogen-bond acceptors (Lipinski definition) is 3. The normalized spacial score (nSPS) is 16.2. The Morgan fingerprint density at radius 1 is 1.08 bits per heavy atom. The molecule has 2 aromatic heterocycles. The Bertz CT molecular complexity index is 867. The van der Waals surface area contributed by atoms with Crippen molar-refractivity contribution in [1.29, 1.82) is 0 Å². The standard InChI is InChI=1S/C19H20BrFN4/c20-15-4-7-18-23-19(14-2-5-16(21)6-3-14)17(25(18)12-15)13-24-10-1-8-22-9-11-24/h2-7,12,22H,1,8-11,13H2. The largest absolute Gasteiger partial charge is 0.315 e. The number of benzene rings is 1. The molecule has 1 aromatic carbocycles. The van der Waals surface area contributed by atoms with E-state index in [0.29, 0.717) is 0 Å². The molecule has 0 saturated carbocycles. The molecule has 1 aliphatic rings. The van der Waals surface area contributed by atoms with Gasteiger partial charge in [-0.1, -0.05) is 0 Å². The Balaban J connectivity index is 1.79. The molecule has 0 amide bonds. The van der Waals surface area contributed by atoms with E-state index in [1.54, 1.807) is 12.1 Å². The van der Waals surface area contributed by atoms with E-state index < -0.39 is 0 Å². The van der Waals surface area contributed by atoms with Crippen molar-refractivity contribution in [3.05, 3.63) is 58.6 Å². The Kier molecular flexibility index (Phi) is 4.83. The molecule has 4 nitrogen and oxygen atoms in total. The van der Waals surface area contributed by atoms with Crippen LogP contribution in [-0.4, -0.2) is 40.5 Å². The topological polar surface area (TPSA) is 32.6 Å². The van der Waals surface area contributed by atoms with E-state index in [1.165, 1.54) is 12.1 Å². The summed E-state index contributed by atoms with van der Waals surface area (Å²) in [7, 11) is 0. The van der Waals surface area contributed by atoms with Gasteiger partial charge in [-0.3, -0.25) is 4.90 Å². The van der Waals surface area contributed by atoms with E-state index in [9.17, 15) is 4.39 Å². The first-order valence-corrected chi connectivity index (χ1v) is 9.35. The second-order valence-corrected chi connectivity index (χ2v) is 7.28. The van der Waals surface area contributed by atoms with Gasteiger partial charge in [-0.25, -0.2) is 9.37 Å². The number of hydrogen-bond donors (Lipinski definition) is 1. The predicted molar refractivity (Wildman–Crippen MR) is 101 cm³/mol. The highest BCUT2D eigenvalue weighted by Crippen LogP contribution is 2.27. The first-order chi connectivity index (χ1) is 12.2. The van der Waals surface area contributed by atoms with Gasteiger partial charge in [0.25, 0.3) is 0 Å². The second-order valence-electron chi connectivity index (χ2n) is 6.37. The van der Waals surface area contributed by atoms with Crippen LogP contribution >= 0.6 is 15.9 Å². The minimum atomic E-state index is -0.226. The van der Waals surface area contributed by atoms with Gasteiger partial charge in [0.1, 0.15) is 11.5 Å². The molecule has 0 atom stereocenters. The van der Waals surface area contributed by atoms with Crippen molar-refractivity contribution >= 4 is 21.6 Å². The zero-order valence-electron chi connectivity index (χ0n) is 13.9. The highest BCUT2D eigenvalue weighted by atomic mass is 79.9. The maximum Gasteiger partial charge on any atom is 0.137 e. The van der Waals surface area contributed by atoms with Crippen LogP contribution in [-0.2, 0) is 6.54 Å². The number of halogens is 2. The summed E-state index contributed by atoms with van der Waals surface area (Å²) in [4.78, 5) is 7.28. The SMILES string of the molecule is Fc1ccc(-c2nc3ccc(Br)cn3c2CN2CCCNCC2)cc1. The molecule has 3 aromatic rings. The Morgan fingerprint density at radius 2 is 1.92 bits per heavy atom. The average Bonchev–Trinajstić information content (AvgIpc) is 2.79. The molecular weight excluding hydrogens is 383 g/mol. The number of pyridine rings is 1. The summed E-state index contributed by atoms with van der Waals surface area (Å²) < 4.78 is 16.5. The predicted octanol–water partition coefficient (Wildman–Crippen LogP) is 3.70. The molecule has 130 valence electrons. The first-order valence-electron chi connectivity index (χ1n) is 8.56. The Hall–Kier alpha value is -1.76. The van der Waals surface area contributed by atoms with Crippen LogP contribution in [0.2, 0.25) is 0 Å². The van der Waals surface area contributed by atoms with Crippen LogP contribution < -0.4 is 5.32 Å². The molecule has 25 heavy (non-hydrogen) atoms. The molecule has 4 rings (SSSR count). The fraction of sp³-hybridized carbons (Fsp3) is 0.316. The summed E-state index contributed by atoms with van der Waals surface area (Å²) >= 11 is 3.56. The lowest BCUT2D eigenvalue weighted by Gasteiger charge is -2.20. The number of fused-ring (bicyclic) bond motifs is 1. The van der Waals surface area contributed by atoms with Crippen molar-refractivity contribution in [3.8, 4) is 11.3 Å². The van der Waals surface area contributed by atoms with Crippen LogP contribution in [0.25, 0.3) is 16.9 Å². The summed E-state index contributed by atoms with van der Waals surface area (Å²) in [5, 5.41) is 3.44. The molecule has 0 spiro atoms. The molecule has 0 radical (unpaired) electrons. The van der Waals surface area contributed by atoms with Crippen molar-refractivity contribution in [2.45, 2.75) is 13.0 Å². The van der Waals surface area contributed by atoms with Crippen molar-refractivity contribution in [2.24, 2.45) is 0 Å². The van der Waals surface area contributed by atoms with Gasteiger partial charge in [-0.05, 0) is 71.8 Å². The fourth-order valence-electron chi connectivity index (χ4n) is 3.33. The molecular formula is C19H20BrFN4. The highest BCUT2D eigenvalue weighted by Gasteiger charge is 2.18. The van der Waals surface area contributed by atoms with E-state index >= 15 is 0 Å². The molecule has 0 bridgehead atoms. The zero-order valence-corrected chi connectivity index (χ0v) is 15.5. The molecule has 1 fully saturated rings. The number of nitrogens with zero attached hydrogens (tertiary/aromatic N) is 3. The number of imidazole rings is 1. The van der Waals surface area contributed by atoms with Crippen molar-refractivity contribution in [1.82, 2.24) is 19.6 Å². The third kappa shape index (κ3) is 3.61. The van der Waals surface area contributed by atoms with Crippen LogP contribution in [0, 0.1) is 5.82 Å². The zero-order chi connectivity index (χ0) is 17.2. The van der Waals surface area contributed by atoms with Gasteiger partial charge in [-0.2, -0.15) is 0 Å². The summed E-state index contributed by atoms with van der Waals surface area (Å²) in [5.41, 5.74) is 3.93. The third-order valence-corrected chi connectivity index (χ3v) is 5.07. The Morgan fingerprint density at radius 3 is 2.76 bits per heavy atom. The van der Waals surface area contributed by atoms with Gasteiger partial charge in [0.2, 0.25) is 0 Å². The maximum absolute atomic E-state index is 13.3. The highest BCUT2D eigenvalue weighted by molar-refractivity contribution is 9.10. The van der Waals surface area contributed by atoms with Gasteiger partial charge in [0.15, 0.2) is 0 Å². The van der Waals surface area contributed by atoms with Gasteiger partial charge >= 0.3 is 0 Å². The molecule has 1 aliphatic heterocycles. The first kappa shape index (κ1) is 16.7. The number of rotatable bonds is 3. The lowest BCUT2D eigenvalue weighted by molar-refractivity contribution is 0.281. The van der Waals surface area contributed by atoms with Crippen LogP contribution in [0.4, 0.5) is 4.39 Å². The van der Waals surface area contributed by atoms with Crippen LogP contribution in [0.1, 0.15) is 12.1 Å². The van der Waals surface area contributed by atoms with E-state index in [0.717, 1.165) is 66.2 Å². The average molecular weight is 403 g/mol. The monoisotopic (exact) mass is 402 g/mol. The Labute approximate surface area is 154 Å². The second kappa shape index (κ2) is 7.23. The molecule has 3 heterocycles. The molecule has 0 aliphatic carbocycles. The quantitative estimate of drug-likeness (QED) is 0.724. The molecule has 0 unspecified atom stereocenters. The van der Waals surface area contributed by atoms with E-state index in [2.05, 4.69) is 36.7 Å². The summed E-state index contributed by atoms with van der Waals surface area (Å²) in [5.74, 6) is -0.226. The van der Waals surface area contributed by atoms with Gasteiger partial charge in [0.05, 0.1) is 11.4 Å². The molecule has 1 saturated heterocycles. The van der Waals surface area contributed by atoms with Crippen molar-refractivity contribution in [3.63, 3.8) is 0 Å². The minimum Gasteiger partial charge on any atom is -0.315 e. The lowest BCUT2D eigenvalue weighted by Crippen LogP contribution is -2.28. The van der Waals surface area contributed by atoms with Crippen LogP contribution in [0.5, 0.6) is 0 Å². The smallest absolute Gasteiger partial charge is 0.137 e. The lowest BCUT2D eigenvalue weighted by atomic mass is 10.1. The summed E-state index contributed by atoms with van der Waals surface area (Å²) in [6.45, 7) is 4.99. The molecule has 1 N–H and O–H groups in total. The van der Waals surface area contributed by atoms with Crippen LogP contribution in [0.15, 0.2) is 47.1 Å². The van der Waals surface area contributed by atoms with Crippen LogP contribution in [0.3, 0.4) is 0 Å². The van der Waals surface area contributed by atoms with E-state index in [1.807, 2.05) is 12.1 Å². The van der Waals surface area contributed by atoms with Gasteiger partial charge in [-0.15, -0.1) is 0 Å². The fourth-order valence-corrected chi connectivity index (χ4v) is 3.67. The number of aromatic nitrogens is 2. The third-order valence-electron chi connectivity index (χ3n) is 4.61. The van der Waals surface area contributed by atoms with Crippen molar-refractivity contribution in [2.75, 3.05) is 26.2 Å². The maximum atomic E-state index is 13.3. The van der Waals surface area contributed by atoms with Crippen molar-refractivity contribution < 1.29 is 4.39 Å². The van der Waals surface area contributed by atoms with Gasteiger partial charge < -0.3 is 9.72 Å². The molecule has 6 heteroatoms. The van der Waals surface area contributed by atoms with E-state index in [4.69, 9.17) is 4.98 Å². The van der Waals surface area contributed by atoms with E-state index in [-0.39, 0.29) is 5.82 Å². The summed E-state index contributed by atoms with van der Waals surface area (Å²) in [6.07, 6.45) is 3.20. The summed E-state index contributed by atoms with van der Waals surface area (Å²) in [6, 6.07) is 10.6. The minimum absolute atomic E-state index is 0.226. The number of nitrogens with one attached hydrogen (secondary N) is 1. The van der Waals surface area contributed by atoms with Gasteiger partial charge in [0, 0.05) is 35.9 Å².